The third kappa shape index (κ3) is 5.14. The summed E-state index contributed by atoms with van der Waals surface area (Å²) < 4.78 is 5.64. The minimum absolute atomic E-state index is 0.00116. The number of nitrogens with zero attached hydrogens (tertiary/aromatic N) is 1. The normalized spacial score (nSPS) is 21.5. The van der Waals surface area contributed by atoms with Gasteiger partial charge in [0.1, 0.15) is 0 Å². The van der Waals surface area contributed by atoms with Crippen LogP contribution in [0.5, 0.6) is 0 Å². The van der Waals surface area contributed by atoms with Gasteiger partial charge < -0.3 is 10.5 Å². The number of amidine groups is 1. The van der Waals surface area contributed by atoms with Crippen LogP contribution < -0.4 is 5.73 Å². The molecule has 1 rings (SSSR count). The molecule has 0 saturated carbocycles. The van der Waals surface area contributed by atoms with Gasteiger partial charge in [-0.05, 0) is 33.2 Å². The fraction of sp³-hybridized carbons (Fsp3) is 0.909. The topological polar surface area (TPSA) is 62.3 Å². The molecule has 0 aromatic heterocycles. The van der Waals surface area contributed by atoms with Crippen LogP contribution in [0.15, 0.2) is 0 Å². The average Bonchev–Trinajstić information content (AvgIpc) is 2.10. The molecule has 0 unspecified atom stereocenters. The molecule has 15 heavy (non-hydrogen) atoms. The van der Waals surface area contributed by atoms with E-state index >= 15 is 0 Å². The summed E-state index contributed by atoms with van der Waals surface area (Å²) in [6, 6.07) is 0. The Morgan fingerprint density at radius 3 is 2.80 bits per heavy atom. The fourth-order valence-corrected chi connectivity index (χ4v) is 1.96. The van der Waals surface area contributed by atoms with Crippen molar-refractivity contribution >= 4 is 5.84 Å². The lowest BCUT2D eigenvalue weighted by atomic mass is 10.1. The zero-order chi connectivity index (χ0) is 11.3. The van der Waals surface area contributed by atoms with E-state index in [0.717, 1.165) is 45.5 Å². The lowest BCUT2D eigenvalue weighted by molar-refractivity contribution is -0.0860. The van der Waals surface area contributed by atoms with Crippen LogP contribution in [-0.2, 0) is 4.74 Å². The summed E-state index contributed by atoms with van der Waals surface area (Å²) in [5.74, 6) is 0.303. The predicted octanol–water partition coefficient (Wildman–Crippen LogP) is 1.20. The van der Waals surface area contributed by atoms with Gasteiger partial charge in [-0.2, -0.15) is 0 Å². The number of unbranched alkanes of at least 4 members (excludes halogenated alkanes) is 1. The van der Waals surface area contributed by atoms with Gasteiger partial charge in [-0.3, -0.25) is 10.3 Å². The van der Waals surface area contributed by atoms with Crippen LogP contribution in [-0.4, -0.2) is 42.6 Å². The SMILES string of the molecule is CC1(C)CN(CCCCC(=N)N)CCO1. The summed E-state index contributed by atoms with van der Waals surface area (Å²) in [5.41, 5.74) is 5.30. The molecule has 1 aliphatic rings. The zero-order valence-electron chi connectivity index (χ0n) is 9.88. The molecular weight excluding hydrogens is 190 g/mol. The van der Waals surface area contributed by atoms with E-state index in [9.17, 15) is 0 Å². The number of morpholine rings is 1. The maximum atomic E-state index is 7.12. The number of nitrogens with two attached hydrogens (primary N) is 1. The van der Waals surface area contributed by atoms with Crippen LogP contribution in [0.2, 0.25) is 0 Å². The number of nitrogens with one attached hydrogen (secondary N) is 1. The minimum atomic E-state index is -0.00116. The van der Waals surface area contributed by atoms with Crippen molar-refractivity contribution in [2.24, 2.45) is 5.73 Å². The van der Waals surface area contributed by atoms with Crippen LogP contribution in [0.25, 0.3) is 0 Å². The quantitative estimate of drug-likeness (QED) is 0.410. The Bertz CT molecular complexity index is 216. The standard InChI is InChI=1S/C11H23N3O/c1-11(2)9-14(7-8-15-11)6-4-3-5-10(12)13/h3-9H2,1-2H3,(H3,12,13). The van der Waals surface area contributed by atoms with Gasteiger partial charge in [-0.25, -0.2) is 0 Å². The highest BCUT2D eigenvalue weighted by Gasteiger charge is 2.26. The summed E-state index contributed by atoms with van der Waals surface area (Å²) in [5, 5.41) is 7.12. The van der Waals surface area contributed by atoms with Gasteiger partial charge in [0.05, 0.1) is 18.0 Å². The Kier molecular flexibility index (Phi) is 4.54. The van der Waals surface area contributed by atoms with Gasteiger partial charge in [-0.1, -0.05) is 0 Å². The van der Waals surface area contributed by atoms with Crippen LogP contribution in [0.1, 0.15) is 33.1 Å². The van der Waals surface area contributed by atoms with Gasteiger partial charge >= 0.3 is 0 Å². The average molecular weight is 213 g/mol. The first-order valence-electron chi connectivity index (χ1n) is 5.69. The molecule has 0 radical (unpaired) electrons. The summed E-state index contributed by atoms with van der Waals surface area (Å²) in [6.07, 6.45) is 2.87. The molecule has 1 heterocycles. The molecule has 0 spiro atoms. The van der Waals surface area contributed by atoms with E-state index in [1.165, 1.54) is 0 Å². The molecule has 0 bridgehead atoms. The first-order valence-corrected chi connectivity index (χ1v) is 5.69. The molecule has 0 amide bonds. The van der Waals surface area contributed by atoms with Crippen molar-refractivity contribution in [1.29, 1.82) is 5.41 Å². The molecule has 4 nitrogen and oxygen atoms in total. The van der Waals surface area contributed by atoms with E-state index in [1.54, 1.807) is 0 Å². The van der Waals surface area contributed by atoms with Crippen LogP contribution in [0.4, 0.5) is 0 Å². The molecule has 1 saturated heterocycles. The molecule has 4 heteroatoms. The van der Waals surface area contributed by atoms with E-state index in [1.807, 2.05) is 0 Å². The lowest BCUT2D eigenvalue weighted by Crippen LogP contribution is -2.48. The van der Waals surface area contributed by atoms with E-state index in [4.69, 9.17) is 15.9 Å². The van der Waals surface area contributed by atoms with Crippen molar-refractivity contribution in [2.45, 2.75) is 38.7 Å². The van der Waals surface area contributed by atoms with Gasteiger partial charge in [0.25, 0.3) is 0 Å². The van der Waals surface area contributed by atoms with Crippen LogP contribution in [0.3, 0.4) is 0 Å². The second kappa shape index (κ2) is 5.47. The highest BCUT2D eigenvalue weighted by Crippen LogP contribution is 2.16. The van der Waals surface area contributed by atoms with Crippen molar-refractivity contribution in [3.8, 4) is 0 Å². The molecule has 1 aliphatic heterocycles. The molecule has 88 valence electrons. The van der Waals surface area contributed by atoms with Crippen LogP contribution in [0, 0.1) is 5.41 Å². The summed E-state index contributed by atoms with van der Waals surface area (Å²) in [4.78, 5) is 2.43. The summed E-state index contributed by atoms with van der Waals surface area (Å²) in [7, 11) is 0. The highest BCUT2D eigenvalue weighted by molar-refractivity contribution is 5.76. The summed E-state index contributed by atoms with van der Waals surface area (Å²) in [6.45, 7) is 8.24. The van der Waals surface area contributed by atoms with E-state index in [0.29, 0.717) is 5.84 Å². The Morgan fingerprint density at radius 2 is 2.20 bits per heavy atom. The molecular formula is C11H23N3O. The number of rotatable bonds is 5. The second-order valence-corrected chi connectivity index (χ2v) is 4.87. The predicted molar refractivity (Wildman–Crippen MR) is 62.2 cm³/mol. The molecule has 0 aromatic carbocycles. The second-order valence-electron chi connectivity index (χ2n) is 4.87. The maximum Gasteiger partial charge on any atom is 0.0905 e. The minimum Gasteiger partial charge on any atom is -0.388 e. The Hall–Kier alpha value is -0.610. The van der Waals surface area contributed by atoms with Crippen molar-refractivity contribution in [1.82, 2.24) is 4.90 Å². The van der Waals surface area contributed by atoms with E-state index in [-0.39, 0.29) is 5.60 Å². The molecule has 1 fully saturated rings. The number of ether oxygens (including phenoxy) is 1. The summed E-state index contributed by atoms with van der Waals surface area (Å²) >= 11 is 0. The maximum absolute atomic E-state index is 7.12. The first kappa shape index (κ1) is 12.5. The van der Waals surface area contributed by atoms with Gasteiger partial charge in [0.2, 0.25) is 0 Å². The van der Waals surface area contributed by atoms with Crippen molar-refractivity contribution < 1.29 is 4.74 Å². The lowest BCUT2D eigenvalue weighted by Gasteiger charge is -2.38. The van der Waals surface area contributed by atoms with Crippen molar-refractivity contribution in [3.05, 3.63) is 0 Å². The fourth-order valence-electron chi connectivity index (χ4n) is 1.96. The van der Waals surface area contributed by atoms with Crippen LogP contribution >= 0.6 is 0 Å². The zero-order valence-corrected chi connectivity index (χ0v) is 9.88. The van der Waals surface area contributed by atoms with Gasteiger partial charge in [0.15, 0.2) is 0 Å². The molecule has 0 atom stereocenters. The Labute approximate surface area is 92.3 Å². The van der Waals surface area contributed by atoms with E-state index in [2.05, 4.69) is 18.7 Å². The first-order chi connectivity index (χ1) is 6.99. The smallest absolute Gasteiger partial charge is 0.0905 e. The van der Waals surface area contributed by atoms with Crippen molar-refractivity contribution in [3.63, 3.8) is 0 Å². The van der Waals surface area contributed by atoms with Gasteiger partial charge in [0, 0.05) is 19.5 Å². The third-order valence-corrected chi connectivity index (χ3v) is 2.68. The Balaban J connectivity index is 2.13. The van der Waals surface area contributed by atoms with Gasteiger partial charge in [-0.15, -0.1) is 0 Å². The highest BCUT2D eigenvalue weighted by atomic mass is 16.5. The largest absolute Gasteiger partial charge is 0.388 e. The monoisotopic (exact) mass is 213 g/mol. The van der Waals surface area contributed by atoms with Crippen molar-refractivity contribution in [2.75, 3.05) is 26.2 Å². The third-order valence-electron chi connectivity index (χ3n) is 2.68. The Morgan fingerprint density at radius 1 is 1.47 bits per heavy atom. The molecule has 0 aromatic rings. The number of hydrogen-bond acceptors (Lipinski definition) is 3. The molecule has 3 N–H and O–H groups in total. The van der Waals surface area contributed by atoms with E-state index < -0.39 is 0 Å². The number of hydrogen-bond donors (Lipinski definition) is 2. The molecule has 0 aliphatic carbocycles.